The molecule has 0 radical (unpaired) electrons. The number of carbonyl (C=O) groups excluding carboxylic acids is 1. The molecule has 1 aromatic rings. The molecule has 0 aromatic heterocycles. The Bertz CT molecular complexity index is 379. The number of benzene rings is 1. The van der Waals surface area contributed by atoms with Crippen LogP contribution >= 0.6 is 11.8 Å². The minimum absolute atomic E-state index is 0.0360. The molecule has 0 atom stereocenters. The van der Waals surface area contributed by atoms with E-state index in [-0.39, 0.29) is 5.91 Å². The number of amides is 1. The molecule has 0 fully saturated rings. The van der Waals surface area contributed by atoms with Crippen molar-refractivity contribution < 1.29 is 4.79 Å². The monoisotopic (exact) mass is 250 g/mol. The maximum absolute atomic E-state index is 11.4. The van der Waals surface area contributed by atoms with E-state index in [2.05, 4.69) is 29.3 Å². The quantitative estimate of drug-likeness (QED) is 0.573. The fourth-order valence-corrected chi connectivity index (χ4v) is 2.14. The fourth-order valence-electron chi connectivity index (χ4n) is 1.34. The Morgan fingerprint density at radius 3 is 3.06 bits per heavy atom. The van der Waals surface area contributed by atoms with Gasteiger partial charge < -0.3 is 10.6 Å². The Morgan fingerprint density at radius 2 is 2.35 bits per heavy atom. The molecule has 2 N–H and O–H groups in total. The molecule has 0 aliphatic heterocycles. The van der Waals surface area contributed by atoms with E-state index in [0.717, 1.165) is 11.4 Å². The number of rotatable bonds is 7. The minimum atomic E-state index is 0.0360. The van der Waals surface area contributed by atoms with E-state index >= 15 is 0 Å². The molecular formula is C13H18N2OS. The predicted molar refractivity (Wildman–Crippen MR) is 73.1 cm³/mol. The highest BCUT2D eigenvalue weighted by molar-refractivity contribution is 8.00. The van der Waals surface area contributed by atoms with Crippen molar-refractivity contribution in [3.63, 3.8) is 0 Å². The molecule has 0 spiro atoms. The average Bonchev–Trinajstić information content (AvgIpc) is 2.35. The average molecular weight is 250 g/mol. The van der Waals surface area contributed by atoms with Crippen LogP contribution in [0, 0.1) is 0 Å². The second-order valence-corrected chi connectivity index (χ2v) is 4.61. The summed E-state index contributed by atoms with van der Waals surface area (Å²) in [4.78, 5) is 12.5. The number of hydrogen-bond donors (Lipinski definition) is 2. The van der Waals surface area contributed by atoms with Gasteiger partial charge in [0, 0.05) is 18.0 Å². The third-order valence-electron chi connectivity index (χ3n) is 2.09. The molecule has 17 heavy (non-hydrogen) atoms. The molecular weight excluding hydrogens is 232 g/mol. The van der Waals surface area contributed by atoms with Gasteiger partial charge in [-0.25, -0.2) is 0 Å². The van der Waals surface area contributed by atoms with Gasteiger partial charge in [0.15, 0.2) is 0 Å². The van der Waals surface area contributed by atoms with Gasteiger partial charge in [-0.1, -0.05) is 18.2 Å². The summed E-state index contributed by atoms with van der Waals surface area (Å²) in [6, 6.07) is 8.20. The molecule has 4 heteroatoms. The zero-order valence-corrected chi connectivity index (χ0v) is 10.8. The molecule has 92 valence electrons. The van der Waals surface area contributed by atoms with Gasteiger partial charge in [-0.3, -0.25) is 4.79 Å². The van der Waals surface area contributed by atoms with Crippen molar-refractivity contribution in [2.75, 3.05) is 19.3 Å². The van der Waals surface area contributed by atoms with Gasteiger partial charge in [0.2, 0.25) is 5.91 Å². The zero-order valence-electron chi connectivity index (χ0n) is 10.0. The van der Waals surface area contributed by atoms with Crippen LogP contribution in [0.2, 0.25) is 0 Å². The van der Waals surface area contributed by atoms with E-state index in [1.807, 2.05) is 19.2 Å². The van der Waals surface area contributed by atoms with E-state index in [4.69, 9.17) is 0 Å². The first kappa shape index (κ1) is 13.8. The summed E-state index contributed by atoms with van der Waals surface area (Å²) in [5, 5.41) is 5.86. The van der Waals surface area contributed by atoms with E-state index in [1.54, 1.807) is 17.8 Å². The number of thioether (sulfide) groups is 1. The summed E-state index contributed by atoms with van der Waals surface area (Å²) in [7, 11) is 1.92. The van der Waals surface area contributed by atoms with Crippen molar-refractivity contribution >= 4 is 17.7 Å². The first-order chi connectivity index (χ1) is 8.26. The molecule has 0 saturated carbocycles. The Labute approximate surface area is 107 Å². The summed E-state index contributed by atoms with van der Waals surface area (Å²) < 4.78 is 0. The highest BCUT2D eigenvalue weighted by Crippen LogP contribution is 2.18. The van der Waals surface area contributed by atoms with Crippen LogP contribution in [-0.4, -0.2) is 25.3 Å². The van der Waals surface area contributed by atoms with Crippen LogP contribution in [0.3, 0.4) is 0 Å². The molecule has 1 amide bonds. The summed E-state index contributed by atoms with van der Waals surface area (Å²) in [5.41, 5.74) is 1.23. The normalized spacial score (nSPS) is 9.94. The second-order valence-electron chi connectivity index (χ2n) is 3.56. The van der Waals surface area contributed by atoms with Crippen molar-refractivity contribution in [1.29, 1.82) is 0 Å². The van der Waals surface area contributed by atoms with Crippen molar-refractivity contribution in [2.24, 2.45) is 0 Å². The Balaban J connectivity index is 2.42. The fraction of sp³-hybridized carbons (Fsp3) is 0.308. The largest absolute Gasteiger partial charge is 0.352 e. The molecule has 1 rings (SSSR count). The number of hydrogen-bond acceptors (Lipinski definition) is 3. The molecule has 1 aromatic carbocycles. The third kappa shape index (κ3) is 5.56. The lowest BCUT2D eigenvalue weighted by molar-refractivity contribution is -0.118. The van der Waals surface area contributed by atoms with Crippen LogP contribution in [0.5, 0.6) is 0 Å². The van der Waals surface area contributed by atoms with E-state index < -0.39 is 0 Å². The van der Waals surface area contributed by atoms with Crippen LogP contribution in [0.25, 0.3) is 0 Å². The van der Waals surface area contributed by atoms with Crippen LogP contribution in [0.15, 0.2) is 41.8 Å². The second kappa shape index (κ2) is 7.92. The highest BCUT2D eigenvalue weighted by Gasteiger charge is 2.02. The molecule has 0 aliphatic rings. The molecule has 0 saturated heterocycles. The van der Waals surface area contributed by atoms with Gasteiger partial charge in [-0.05, 0) is 24.7 Å². The lowest BCUT2D eigenvalue weighted by Gasteiger charge is -2.05. The van der Waals surface area contributed by atoms with Crippen LogP contribution in [-0.2, 0) is 11.3 Å². The number of nitrogens with one attached hydrogen (secondary N) is 2. The van der Waals surface area contributed by atoms with E-state index in [9.17, 15) is 4.79 Å². The van der Waals surface area contributed by atoms with Crippen LogP contribution in [0.4, 0.5) is 0 Å². The molecule has 3 nitrogen and oxygen atoms in total. The van der Waals surface area contributed by atoms with Gasteiger partial charge >= 0.3 is 0 Å². The first-order valence-corrected chi connectivity index (χ1v) is 6.48. The molecule has 0 aliphatic carbocycles. The van der Waals surface area contributed by atoms with Crippen molar-refractivity contribution in [1.82, 2.24) is 10.6 Å². The van der Waals surface area contributed by atoms with E-state index in [1.165, 1.54) is 5.56 Å². The van der Waals surface area contributed by atoms with Gasteiger partial charge in [-0.2, -0.15) is 0 Å². The summed E-state index contributed by atoms with van der Waals surface area (Å²) >= 11 is 1.54. The number of carbonyl (C=O) groups is 1. The lowest BCUT2D eigenvalue weighted by Crippen LogP contribution is -2.24. The minimum Gasteiger partial charge on any atom is -0.352 e. The SMILES string of the molecule is C=CCNC(=O)CSc1cccc(CNC)c1. The first-order valence-electron chi connectivity index (χ1n) is 5.50. The van der Waals surface area contributed by atoms with E-state index in [0.29, 0.717) is 12.3 Å². The van der Waals surface area contributed by atoms with Crippen molar-refractivity contribution in [2.45, 2.75) is 11.4 Å². The standard InChI is InChI=1S/C13H18N2OS/c1-3-7-15-13(16)10-17-12-6-4-5-11(8-12)9-14-2/h3-6,8,14H,1,7,9-10H2,2H3,(H,15,16). The Morgan fingerprint density at radius 1 is 1.53 bits per heavy atom. The van der Waals surface area contributed by atoms with Gasteiger partial charge in [-0.15, -0.1) is 18.3 Å². The molecule has 0 bridgehead atoms. The maximum Gasteiger partial charge on any atom is 0.230 e. The van der Waals surface area contributed by atoms with Crippen molar-refractivity contribution in [3.05, 3.63) is 42.5 Å². The van der Waals surface area contributed by atoms with Crippen LogP contribution in [0.1, 0.15) is 5.56 Å². The zero-order chi connectivity index (χ0) is 12.5. The highest BCUT2D eigenvalue weighted by atomic mass is 32.2. The Kier molecular flexibility index (Phi) is 6.43. The van der Waals surface area contributed by atoms with Gasteiger partial charge in [0.1, 0.15) is 0 Å². The van der Waals surface area contributed by atoms with Gasteiger partial charge in [0.25, 0.3) is 0 Å². The topological polar surface area (TPSA) is 41.1 Å². The molecule has 0 unspecified atom stereocenters. The maximum atomic E-state index is 11.4. The smallest absolute Gasteiger partial charge is 0.230 e. The van der Waals surface area contributed by atoms with Crippen LogP contribution < -0.4 is 10.6 Å². The Hall–Kier alpha value is -1.26. The predicted octanol–water partition coefficient (Wildman–Crippen LogP) is 1.80. The third-order valence-corrected chi connectivity index (χ3v) is 3.09. The van der Waals surface area contributed by atoms with Crippen molar-refractivity contribution in [3.8, 4) is 0 Å². The summed E-state index contributed by atoms with van der Waals surface area (Å²) in [6.07, 6.45) is 1.68. The summed E-state index contributed by atoms with van der Waals surface area (Å²) in [5.74, 6) is 0.477. The molecule has 0 heterocycles. The summed E-state index contributed by atoms with van der Waals surface area (Å²) in [6.45, 7) is 4.93. The lowest BCUT2D eigenvalue weighted by atomic mass is 10.2. The van der Waals surface area contributed by atoms with Gasteiger partial charge in [0.05, 0.1) is 5.75 Å².